The highest BCUT2D eigenvalue weighted by molar-refractivity contribution is 6.34. The molecule has 13 heteroatoms. The Kier molecular flexibility index (Phi) is 8.28. The molecule has 12 nitrogen and oxygen atoms in total. The molecule has 2 aliphatic rings. The molecule has 0 amide bonds. The number of rotatable bonds is 6. The number of hydrogen-bond acceptors (Lipinski definition) is 11. The minimum absolute atomic E-state index is 0.237. The van der Waals surface area contributed by atoms with Crippen LogP contribution in [0.4, 0.5) is 17.7 Å². The molecule has 2 aliphatic carbocycles. The molecule has 0 unspecified atom stereocenters. The zero-order valence-electron chi connectivity index (χ0n) is 24.3. The number of anilines is 3. The SMILES string of the molecule is COc1nccc(-c2cnc(N)nc2NC2CCCC2)c1Cl.COc1nccc2c3cnc(N)nc3n(C3CCCC3)c12. The van der Waals surface area contributed by atoms with Crippen LogP contribution in [-0.4, -0.2) is 54.7 Å². The smallest absolute Gasteiger partial charge is 0.238 e. The fraction of sp³-hybridized carbons (Fsp3) is 0.400. The molecule has 2 fully saturated rings. The van der Waals surface area contributed by atoms with Gasteiger partial charge in [-0.15, -0.1) is 0 Å². The minimum atomic E-state index is 0.237. The number of hydrogen-bond donors (Lipinski definition) is 3. The number of halogens is 1. The highest BCUT2D eigenvalue weighted by Gasteiger charge is 2.25. The number of nitrogens with two attached hydrogens (primary N) is 2. The molecule has 0 aromatic carbocycles. The maximum Gasteiger partial charge on any atom is 0.238 e. The molecule has 0 bridgehead atoms. The summed E-state index contributed by atoms with van der Waals surface area (Å²) in [4.78, 5) is 25.5. The molecule has 5 heterocycles. The van der Waals surface area contributed by atoms with Gasteiger partial charge in [0.15, 0.2) is 0 Å². The average Bonchev–Trinajstić information content (AvgIpc) is 3.79. The zero-order chi connectivity index (χ0) is 29.9. The third-order valence-electron chi connectivity index (χ3n) is 8.16. The first-order chi connectivity index (χ1) is 21.0. The predicted molar refractivity (Wildman–Crippen MR) is 168 cm³/mol. The number of ether oxygens (including phenoxy) is 2. The van der Waals surface area contributed by atoms with Crippen LogP contribution >= 0.6 is 11.6 Å². The molecule has 0 saturated heterocycles. The molecule has 2 saturated carbocycles. The van der Waals surface area contributed by atoms with Gasteiger partial charge in [-0.05, 0) is 37.8 Å². The van der Waals surface area contributed by atoms with Gasteiger partial charge in [0.25, 0.3) is 0 Å². The number of nitrogens with one attached hydrogen (secondary N) is 1. The summed E-state index contributed by atoms with van der Waals surface area (Å²) >= 11 is 6.37. The van der Waals surface area contributed by atoms with Crippen molar-refractivity contribution in [2.24, 2.45) is 0 Å². The number of nitrogens with zero attached hydrogens (tertiary/aromatic N) is 7. The van der Waals surface area contributed by atoms with Gasteiger partial charge in [0.1, 0.15) is 22.0 Å². The van der Waals surface area contributed by atoms with Crippen LogP contribution in [0.5, 0.6) is 11.8 Å². The molecule has 0 radical (unpaired) electrons. The zero-order valence-corrected chi connectivity index (χ0v) is 25.0. The highest BCUT2D eigenvalue weighted by Crippen LogP contribution is 2.40. The van der Waals surface area contributed by atoms with Gasteiger partial charge in [0, 0.05) is 58.8 Å². The first-order valence-corrected chi connectivity index (χ1v) is 14.9. The number of methoxy groups -OCH3 is 2. The fourth-order valence-electron chi connectivity index (χ4n) is 6.16. The monoisotopic (exact) mass is 602 g/mol. The average molecular weight is 603 g/mol. The van der Waals surface area contributed by atoms with Crippen molar-refractivity contribution in [1.29, 1.82) is 0 Å². The number of aromatic nitrogens is 7. The maximum atomic E-state index is 6.37. The van der Waals surface area contributed by atoms with Crippen LogP contribution in [0.25, 0.3) is 33.1 Å². The molecular weight excluding hydrogens is 568 g/mol. The Morgan fingerprint density at radius 1 is 0.791 bits per heavy atom. The van der Waals surface area contributed by atoms with Gasteiger partial charge in [0.2, 0.25) is 23.7 Å². The van der Waals surface area contributed by atoms with Crippen molar-refractivity contribution in [3.05, 3.63) is 41.9 Å². The van der Waals surface area contributed by atoms with E-state index < -0.39 is 0 Å². The Labute approximate surface area is 254 Å². The molecule has 7 rings (SSSR count). The summed E-state index contributed by atoms with van der Waals surface area (Å²) in [6.45, 7) is 0. The molecule has 0 spiro atoms. The van der Waals surface area contributed by atoms with Crippen LogP contribution in [-0.2, 0) is 0 Å². The van der Waals surface area contributed by atoms with E-state index in [2.05, 4.69) is 39.8 Å². The maximum absolute atomic E-state index is 6.37. The van der Waals surface area contributed by atoms with Crippen molar-refractivity contribution in [2.75, 3.05) is 31.0 Å². The van der Waals surface area contributed by atoms with Crippen molar-refractivity contribution in [1.82, 2.24) is 34.5 Å². The van der Waals surface area contributed by atoms with E-state index in [0.29, 0.717) is 40.6 Å². The van der Waals surface area contributed by atoms with Crippen LogP contribution in [0, 0.1) is 0 Å². The standard InChI is InChI=1S/C15H18ClN5O.C15H17N5O/c1-22-14-12(16)10(6-7-18-14)11-8-19-15(17)21-13(11)20-9-4-2-3-5-9;1-21-14-12-10(6-7-17-14)11-8-18-15(16)19-13(11)20(12)9-4-2-3-5-9/h6-9H,2-5H2,1H3,(H3,17,19,20,21);6-9H,2-5H2,1H3,(H2,16,18,19). The predicted octanol–water partition coefficient (Wildman–Crippen LogP) is 5.82. The van der Waals surface area contributed by atoms with E-state index in [1.54, 1.807) is 31.9 Å². The van der Waals surface area contributed by atoms with E-state index >= 15 is 0 Å². The molecule has 5 aromatic heterocycles. The Hall–Kier alpha value is -4.45. The Morgan fingerprint density at radius 3 is 2.19 bits per heavy atom. The first-order valence-electron chi connectivity index (χ1n) is 14.5. The first kappa shape index (κ1) is 28.7. The highest BCUT2D eigenvalue weighted by atomic mass is 35.5. The largest absolute Gasteiger partial charge is 0.480 e. The van der Waals surface area contributed by atoms with Crippen molar-refractivity contribution < 1.29 is 9.47 Å². The normalized spacial score (nSPS) is 15.5. The van der Waals surface area contributed by atoms with Crippen LogP contribution in [0.2, 0.25) is 5.02 Å². The molecule has 0 aliphatic heterocycles. The minimum Gasteiger partial charge on any atom is -0.480 e. The second-order valence-electron chi connectivity index (χ2n) is 10.8. The lowest BCUT2D eigenvalue weighted by atomic mass is 10.1. The van der Waals surface area contributed by atoms with Gasteiger partial charge in [-0.25, -0.2) is 19.9 Å². The van der Waals surface area contributed by atoms with E-state index in [-0.39, 0.29) is 5.95 Å². The summed E-state index contributed by atoms with van der Waals surface area (Å²) in [5.41, 5.74) is 15.0. The molecule has 5 aromatic rings. The summed E-state index contributed by atoms with van der Waals surface area (Å²) < 4.78 is 12.9. The van der Waals surface area contributed by atoms with Gasteiger partial charge in [-0.3, -0.25) is 0 Å². The van der Waals surface area contributed by atoms with E-state index in [4.69, 9.17) is 32.5 Å². The Bertz CT molecular complexity index is 1750. The summed E-state index contributed by atoms with van der Waals surface area (Å²) in [7, 11) is 3.19. The third kappa shape index (κ3) is 5.66. The van der Waals surface area contributed by atoms with Gasteiger partial charge in [-0.2, -0.15) is 9.97 Å². The molecular formula is C30H35ClN10O2. The summed E-state index contributed by atoms with van der Waals surface area (Å²) in [5, 5.41) is 5.98. The number of nitrogen functional groups attached to an aromatic ring is 2. The lowest BCUT2D eigenvalue weighted by molar-refractivity contribution is 0.398. The Morgan fingerprint density at radius 2 is 1.44 bits per heavy atom. The molecule has 43 heavy (non-hydrogen) atoms. The van der Waals surface area contributed by atoms with Crippen LogP contribution < -0.4 is 26.3 Å². The summed E-state index contributed by atoms with van der Waals surface area (Å²) in [6.07, 6.45) is 16.4. The summed E-state index contributed by atoms with van der Waals surface area (Å²) in [6, 6.07) is 4.65. The fourth-order valence-corrected chi connectivity index (χ4v) is 6.45. The van der Waals surface area contributed by atoms with Crippen LogP contribution in [0.15, 0.2) is 36.9 Å². The molecule has 5 N–H and O–H groups in total. The topological polar surface area (TPSA) is 165 Å². The van der Waals surface area contributed by atoms with Crippen molar-refractivity contribution in [2.45, 2.75) is 63.5 Å². The Balaban J connectivity index is 0.000000153. The second kappa shape index (κ2) is 12.4. The van der Waals surface area contributed by atoms with Crippen molar-refractivity contribution in [3.63, 3.8) is 0 Å². The quantitative estimate of drug-likeness (QED) is 0.214. The van der Waals surface area contributed by atoms with E-state index in [1.165, 1.54) is 32.8 Å². The van der Waals surface area contributed by atoms with Crippen LogP contribution in [0.1, 0.15) is 57.4 Å². The van der Waals surface area contributed by atoms with E-state index in [9.17, 15) is 0 Å². The van der Waals surface area contributed by atoms with Crippen molar-refractivity contribution in [3.8, 4) is 22.9 Å². The van der Waals surface area contributed by atoms with E-state index in [1.807, 2.05) is 12.1 Å². The van der Waals surface area contributed by atoms with E-state index in [0.717, 1.165) is 58.7 Å². The van der Waals surface area contributed by atoms with Crippen molar-refractivity contribution >= 4 is 51.3 Å². The van der Waals surface area contributed by atoms with Gasteiger partial charge in [0.05, 0.1) is 14.2 Å². The van der Waals surface area contributed by atoms with Gasteiger partial charge >= 0.3 is 0 Å². The van der Waals surface area contributed by atoms with Crippen LogP contribution in [0.3, 0.4) is 0 Å². The molecule has 224 valence electrons. The number of pyridine rings is 2. The third-order valence-corrected chi connectivity index (χ3v) is 8.53. The number of fused-ring (bicyclic) bond motifs is 3. The summed E-state index contributed by atoms with van der Waals surface area (Å²) in [5.74, 6) is 2.26. The lowest BCUT2D eigenvalue weighted by Gasteiger charge is -2.17. The second-order valence-corrected chi connectivity index (χ2v) is 11.2. The molecule has 0 atom stereocenters. The lowest BCUT2D eigenvalue weighted by Crippen LogP contribution is -2.17. The van der Waals surface area contributed by atoms with Gasteiger partial charge in [-0.1, -0.05) is 37.3 Å². The van der Waals surface area contributed by atoms with Gasteiger partial charge < -0.3 is 30.8 Å².